The summed E-state index contributed by atoms with van der Waals surface area (Å²) in [6, 6.07) is 4.58. The van der Waals surface area contributed by atoms with Gasteiger partial charge in [0, 0.05) is 23.2 Å². The number of rotatable bonds is 4. The van der Waals surface area contributed by atoms with Crippen LogP contribution >= 0.6 is 11.6 Å². The molecule has 0 N–H and O–H groups in total. The van der Waals surface area contributed by atoms with E-state index in [-0.39, 0.29) is 17.6 Å². The third-order valence-corrected chi connectivity index (χ3v) is 3.99. The van der Waals surface area contributed by atoms with Crippen LogP contribution in [0.25, 0.3) is 0 Å². The fourth-order valence-electron chi connectivity index (χ4n) is 2.59. The molecular weight excluding hydrogens is 296 g/mol. The minimum Gasteiger partial charge on any atom is -0.469 e. The van der Waals surface area contributed by atoms with Gasteiger partial charge in [0.2, 0.25) is 0 Å². The largest absolute Gasteiger partial charge is 0.469 e. The van der Waals surface area contributed by atoms with Gasteiger partial charge in [0.1, 0.15) is 0 Å². The molecule has 1 saturated heterocycles. The summed E-state index contributed by atoms with van der Waals surface area (Å²) in [5, 5.41) is 11.5. The number of carbonyl (C=O) groups excluding carboxylic acids is 1. The van der Waals surface area contributed by atoms with Crippen LogP contribution < -0.4 is 0 Å². The summed E-state index contributed by atoms with van der Waals surface area (Å²) >= 11 is 5.92. The predicted molar refractivity (Wildman–Crippen MR) is 78.1 cm³/mol. The molecule has 6 nitrogen and oxygen atoms in total. The van der Waals surface area contributed by atoms with Crippen LogP contribution in [0.1, 0.15) is 18.4 Å². The van der Waals surface area contributed by atoms with Crippen molar-refractivity contribution in [3.63, 3.8) is 0 Å². The van der Waals surface area contributed by atoms with Gasteiger partial charge in [-0.2, -0.15) is 0 Å². The zero-order valence-electron chi connectivity index (χ0n) is 11.8. The Morgan fingerprint density at radius 1 is 1.48 bits per heavy atom. The lowest BCUT2D eigenvalue weighted by atomic mass is 9.96. The maximum Gasteiger partial charge on any atom is 0.308 e. The number of esters is 1. The van der Waals surface area contributed by atoms with E-state index in [1.807, 2.05) is 0 Å². The van der Waals surface area contributed by atoms with Crippen LogP contribution in [0.4, 0.5) is 5.69 Å². The summed E-state index contributed by atoms with van der Waals surface area (Å²) in [4.78, 5) is 24.2. The minimum atomic E-state index is -0.396. The van der Waals surface area contributed by atoms with Crippen LogP contribution in [-0.4, -0.2) is 36.0 Å². The predicted octanol–water partition coefficient (Wildman–Crippen LogP) is 2.63. The number of benzene rings is 1. The zero-order chi connectivity index (χ0) is 15.4. The normalized spacial score (nSPS) is 16.7. The molecule has 1 heterocycles. The molecule has 0 amide bonds. The van der Waals surface area contributed by atoms with Crippen LogP contribution in [0, 0.1) is 16.0 Å². The lowest BCUT2D eigenvalue weighted by molar-refractivity contribution is -0.385. The number of halogens is 1. The van der Waals surface area contributed by atoms with Crippen LogP contribution in [0.2, 0.25) is 5.02 Å². The number of hydrogen-bond acceptors (Lipinski definition) is 5. The highest BCUT2D eigenvalue weighted by Crippen LogP contribution is 2.26. The molecule has 114 valence electrons. The zero-order valence-corrected chi connectivity index (χ0v) is 12.5. The Labute approximate surface area is 127 Å². The van der Waals surface area contributed by atoms with Crippen molar-refractivity contribution in [2.75, 3.05) is 20.2 Å². The summed E-state index contributed by atoms with van der Waals surface area (Å²) in [5.74, 6) is -0.246. The third kappa shape index (κ3) is 3.92. The molecule has 0 spiro atoms. The lowest BCUT2D eigenvalue weighted by Crippen LogP contribution is -2.36. The molecule has 0 aliphatic carbocycles. The van der Waals surface area contributed by atoms with Gasteiger partial charge >= 0.3 is 5.97 Å². The average molecular weight is 313 g/mol. The molecule has 1 aromatic rings. The SMILES string of the molecule is COC(=O)C1CCN(Cc2cc(Cl)ccc2[N+](=O)[O-])CC1. The lowest BCUT2D eigenvalue weighted by Gasteiger charge is -2.30. The number of carbonyl (C=O) groups is 1. The van der Waals surface area contributed by atoms with Crippen molar-refractivity contribution >= 4 is 23.3 Å². The number of nitro benzene ring substituents is 1. The number of likely N-dealkylation sites (tertiary alicyclic amines) is 1. The average Bonchev–Trinajstić information content (AvgIpc) is 2.47. The highest BCUT2D eigenvalue weighted by molar-refractivity contribution is 6.30. The van der Waals surface area contributed by atoms with Crippen LogP contribution in [0.3, 0.4) is 0 Å². The first-order chi connectivity index (χ1) is 10.0. The number of hydrogen-bond donors (Lipinski definition) is 0. The smallest absolute Gasteiger partial charge is 0.308 e. The second-order valence-electron chi connectivity index (χ2n) is 5.10. The van der Waals surface area contributed by atoms with Crippen molar-refractivity contribution in [1.29, 1.82) is 0 Å². The Bertz CT molecular complexity index is 542. The molecule has 0 saturated carbocycles. The first-order valence-corrected chi connectivity index (χ1v) is 7.12. The molecule has 1 aromatic carbocycles. The summed E-state index contributed by atoms with van der Waals surface area (Å²) in [7, 11) is 1.39. The third-order valence-electron chi connectivity index (χ3n) is 3.75. The molecule has 0 atom stereocenters. The summed E-state index contributed by atoms with van der Waals surface area (Å²) in [5.41, 5.74) is 0.679. The van der Waals surface area contributed by atoms with E-state index >= 15 is 0 Å². The van der Waals surface area contributed by atoms with Crippen LogP contribution in [0.5, 0.6) is 0 Å². The molecule has 1 fully saturated rings. The molecule has 0 bridgehead atoms. The Hall–Kier alpha value is -1.66. The highest BCUT2D eigenvalue weighted by atomic mass is 35.5. The molecule has 0 aromatic heterocycles. The number of nitrogens with zero attached hydrogens (tertiary/aromatic N) is 2. The van der Waals surface area contributed by atoms with Gasteiger partial charge in [0.05, 0.1) is 18.0 Å². The molecule has 1 aliphatic rings. The van der Waals surface area contributed by atoms with Crippen molar-refractivity contribution in [2.24, 2.45) is 5.92 Å². The molecule has 1 aliphatic heterocycles. The van der Waals surface area contributed by atoms with Gasteiger partial charge in [0.15, 0.2) is 0 Å². The van der Waals surface area contributed by atoms with Crippen LogP contribution in [-0.2, 0) is 16.1 Å². The molecular formula is C14H17ClN2O4. The van der Waals surface area contributed by atoms with Gasteiger partial charge in [-0.25, -0.2) is 0 Å². The van der Waals surface area contributed by atoms with Crippen molar-refractivity contribution in [1.82, 2.24) is 4.90 Å². The van der Waals surface area contributed by atoms with Crippen molar-refractivity contribution < 1.29 is 14.5 Å². The molecule has 2 rings (SSSR count). The first-order valence-electron chi connectivity index (χ1n) is 6.74. The van der Waals surface area contributed by atoms with E-state index in [9.17, 15) is 14.9 Å². The second kappa shape index (κ2) is 6.87. The maximum atomic E-state index is 11.5. The fourth-order valence-corrected chi connectivity index (χ4v) is 2.79. The minimum absolute atomic E-state index is 0.0689. The van der Waals surface area contributed by atoms with Gasteiger partial charge in [-0.15, -0.1) is 0 Å². The quantitative estimate of drug-likeness (QED) is 0.485. The van der Waals surface area contributed by atoms with E-state index in [2.05, 4.69) is 4.90 Å². The van der Waals surface area contributed by atoms with Crippen molar-refractivity contribution in [3.8, 4) is 0 Å². The van der Waals surface area contributed by atoms with Gasteiger partial charge < -0.3 is 4.74 Å². The number of ether oxygens (including phenoxy) is 1. The molecule has 0 radical (unpaired) electrons. The summed E-state index contributed by atoms with van der Waals surface area (Å²) in [6.45, 7) is 1.89. The summed E-state index contributed by atoms with van der Waals surface area (Å²) in [6.07, 6.45) is 1.42. The van der Waals surface area contributed by atoms with Gasteiger partial charge in [-0.05, 0) is 38.1 Å². The number of piperidine rings is 1. The summed E-state index contributed by atoms with van der Waals surface area (Å²) < 4.78 is 4.75. The highest BCUT2D eigenvalue weighted by Gasteiger charge is 2.26. The Balaban J connectivity index is 2.02. The van der Waals surface area contributed by atoms with E-state index < -0.39 is 4.92 Å². The van der Waals surface area contributed by atoms with E-state index in [1.165, 1.54) is 19.2 Å². The standard InChI is InChI=1S/C14H17ClN2O4/c1-21-14(18)10-4-6-16(7-5-10)9-11-8-12(15)2-3-13(11)17(19)20/h2-3,8,10H,4-7,9H2,1H3. The monoisotopic (exact) mass is 312 g/mol. The fraction of sp³-hybridized carbons (Fsp3) is 0.500. The second-order valence-corrected chi connectivity index (χ2v) is 5.54. The molecule has 21 heavy (non-hydrogen) atoms. The Morgan fingerprint density at radius 3 is 2.71 bits per heavy atom. The van der Waals surface area contributed by atoms with Gasteiger partial charge in [-0.3, -0.25) is 19.8 Å². The Morgan fingerprint density at radius 2 is 2.14 bits per heavy atom. The van der Waals surface area contributed by atoms with Crippen LogP contribution in [0.15, 0.2) is 18.2 Å². The molecule has 7 heteroatoms. The first kappa shape index (κ1) is 15.7. The topological polar surface area (TPSA) is 72.7 Å². The van der Waals surface area contributed by atoms with E-state index in [4.69, 9.17) is 16.3 Å². The Kier molecular flexibility index (Phi) is 5.14. The number of methoxy groups -OCH3 is 1. The van der Waals surface area contributed by atoms with Crippen molar-refractivity contribution in [2.45, 2.75) is 19.4 Å². The van der Waals surface area contributed by atoms with E-state index in [0.29, 0.717) is 43.1 Å². The van der Waals surface area contributed by atoms with Gasteiger partial charge in [0.25, 0.3) is 5.69 Å². The maximum absolute atomic E-state index is 11.5. The number of nitro groups is 1. The van der Waals surface area contributed by atoms with Crippen molar-refractivity contribution in [3.05, 3.63) is 38.9 Å². The van der Waals surface area contributed by atoms with Gasteiger partial charge in [-0.1, -0.05) is 11.6 Å². The van der Waals surface area contributed by atoms with E-state index in [1.54, 1.807) is 6.07 Å². The molecule has 0 unspecified atom stereocenters. The van der Waals surface area contributed by atoms with E-state index in [0.717, 1.165) is 0 Å².